The highest BCUT2D eigenvalue weighted by Crippen LogP contribution is 2.35. The molecule has 0 amide bonds. The van der Waals surface area contributed by atoms with Crippen LogP contribution in [-0.2, 0) is 6.42 Å². The molecule has 0 radical (unpaired) electrons. The number of hydrogen-bond acceptors (Lipinski definition) is 2. The first-order valence-corrected chi connectivity index (χ1v) is 8.63. The molecule has 0 saturated carbocycles. The van der Waals surface area contributed by atoms with Gasteiger partial charge >= 0.3 is 0 Å². The van der Waals surface area contributed by atoms with Crippen molar-refractivity contribution < 1.29 is 4.74 Å². The monoisotopic (exact) mass is 431 g/mol. The molecule has 0 aliphatic rings. The Morgan fingerprint density at radius 3 is 2.57 bits per heavy atom. The lowest BCUT2D eigenvalue weighted by atomic mass is 10.0. The Kier molecular flexibility index (Phi) is 6.11. The molecule has 1 atom stereocenters. The van der Waals surface area contributed by atoms with E-state index in [1.54, 1.807) is 0 Å². The second-order valence-corrected chi connectivity index (χ2v) is 7.01. The van der Waals surface area contributed by atoms with E-state index < -0.39 is 0 Å². The van der Waals surface area contributed by atoms with Gasteiger partial charge in [-0.25, -0.2) is 0 Å². The van der Waals surface area contributed by atoms with Gasteiger partial charge < -0.3 is 10.5 Å². The number of nitrogens with two attached hydrogens (primary N) is 1. The van der Waals surface area contributed by atoms with Crippen LogP contribution in [0.4, 0.5) is 0 Å². The first-order chi connectivity index (χ1) is 9.99. The molecule has 5 heteroatoms. The molecular formula is C16H16Br2ClNO. The zero-order valence-electron chi connectivity index (χ0n) is 11.6. The van der Waals surface area contributed by atoms with Gasteiger partial charge in [-0.1, -0.05) is 40.5 Å². The van der Waals surface area contributed by atoms with Gasteiger partial charge in [0.05, 0.1) is 4.47 Å². The smallest absolute Gasteiger partial charge is 0.141 e. The summed E-state index contributed by atoms with van der Waals surface area (Å²) in [5.74, 6) is 1.49. The maximum atomic E-state index is 6.09. The van der Waals surface area contributed by atoms with E-state index in [4.69, 9.17) is 22.1 Å². The van der Waals surface area contributed by atoms with Gasteiger partial charge in [0.15, 0.2) is 0 Å². The lowest BCUT2D eigenvalue weighted by molar-refractivity contribution is 0.469. The van der Waals surface area contributed by atoms with Gasteiger partial charge in [-0.2, -0.15) is 0 Å². The third kappa shape index (κ3) is 4.71. The fourth-order valence-electron chi connectivity index (χ4n) is 1.90. The molecule has 0 aliphatic heterocycles. The number of rotatable bonds is 5. The molecule has 2 aromatic carbocycles. The Bertz CT molecular complexity index is 634. The van der Waals surface area contributed by atoms with Gasteiger partial charge in [-0.15, -0.1) is 0 Å². The summed E-state index contributed by atoms with van der Waals surface area (Å²) in [4.78, 5) is 0. The number of benzene rings is 2. The summed E-state index contributed by atoms with van der Waals surface area (Å²) in [6.07, 6.45) is 1.68. The Balaban J connectivity index is 2.31. The highest BCUT2D eigenvalue weighted by Gasteiger charge is 2.11. The Morgan fingerprint density at radius 2 is 1.90 bits per heavy atom. The van der Waals surface area contributed by atoms with Crippen molar-refractivity contribution in [2.75, 3.05) is 0 Å². The molecule has 2 rings (SSSR count). The average molecular weight is 434 g/mol. The van der Waals surface area contributed by atoms with Crippen molar-refractivity contribution in [2.45, 2.75) is 25.8 Å². The number of halogens is 3. The van der Waals surface area contributed by atoms with Crippen LogP contribution in [0, 0.1) is 0 Å². The maximum absolute atomic E-state index is 6.09. The SMILES string of the molecule is CCC(N)Cc1ccc(Cl)cc1Oc1ccc(Br)cc1Br. The van der Waals surface area contributed by atoms with Crippen LogP contribution >= 0.6 is 43.5 Å². The Morgan fingerprint density at radius 1 is 1.14 bits per heavy atom. The van der Waals surface area contributed by atoms with Gasteiger partial charge in [0, 0.05) is 15.5 Å². The van der Waals surface area contributed by atoms with Crippen LogP contribution < -0.4 is 10.5 Å². The van der Waals surface area contributed by atoms with Crippen LogP contribution in [0.3, 0.4) is 0 Å². The third-order valence-corrected chi connectivity index (χ3v) is 4.50. The molecule has 2 aromatic rings. The normalized spacial score (nSPS) is 12.2. The summed E-state index contributed by atoms with van der Waals surface area (Å²) in [6.45, 7) is 2.08. The van der Waals surface area contributed by atoms with E-state index in [0.717, 1.165) is 38.8 Å². The molecule has 0 fully saturated rings. The molecule has 112 valence electrons. The summed E-state index contributed by atoms with van der Waals surface area (Å²) in [6, 6.07) is 11.6. The molecule has 0 spiro atoms. The molecule has 0 aromatic heterocycles. The minimum Gasteiger partial charge on any atom is -0.456 e. The topological polar surface area (TPSA) is 35.2 Å². The van der Waals surface area contributed by atoms with Crippen molar-refractivity contribution in [3.05, 3.63) is 55.9 Å². The number of hydrogen-bond donors (Lipinski definition) is 1. The third-order valence-electron chi connectivity index (χ3n) is 3.15. The van der Waals surface area contributed by atoms with E-state index in [0.29, 0.717) is 5.02 Å². The average Bonchev–Trinajstić information content (AvgIpc) is 2.44. The van der Waals surface area contributed by atoms with Crippen LogP contribution in [0.2, 0.25) is 5.02 Å². The van der Waals surface area contributed by atoms with E-state index in [1.807, 2.05) is 36.4 Å². The van der Waals surface area contributed by atoms with E-state index in [1.165, 1.54) is 0 Å². The maximum Gasteiger partial charge on any atom is 0.141 e. The van der Waals surface area contributed by atoms with Crippen molar-refractivity contribution in [1.82, 2.24) is 0 Å². The molecule has 0 bridgehead atoms. The predicted octanol–water partition coefficient (Wildman–Crippen LogP) is 5.94. The minimum absolute atomic E-state index is 0.113. The molecule has 2 N–H and O–H groups in total. The summed E-state index contributed by atoms with van der Waals surface area (Å²) in [7, 11) is 0. The van der Waals surface area contributed by atoms with Crippen molar-refractivity contribution in [2.24, 2.45) is 5.73 Å². The lowest BCUT2D eigenvalue weighted by Gasteiger charge is -2.15. The Labute approximate surface area is 146 Å². The summed E-state index contributed by atoms with van der Waals surface area (Å²) >= 11 is 13.0. The fraction of sp³-hybridized carbons (Fsp3) is 0.250. The van der Waals surface area contributed by atoms with Crippen LogP contribution in [0.5, 0.6) is 11.5 Å². The lowest BCUT2D eigenvalue weighted by Crippen LogP contribution is -2.21. The molecule has 0 heterocycles. The van der Waals surface area contributed by atoms with Crippen molar-refractivity contribution in [3.8, 4) is 11.5 Å². The number of ether oxygens (including phenoxy) is 1. The van der Waals surface area contributed by atoms with E-state index in [-0.39, 0.29) is 6.04 Å². The zero-order valence-corrected chi connectivity index (χ0v) is 15.5. The van der Waals surface area contributed by atoms with Gasteiger partial charge in [0.2, 0.25) is 0 Å². The molecule has 0 aliphatic carbocycles. The summed E-state index contributed by atoms with van der Waals surface area (Å²) in [5, 5.41) is 0.645. The van der Waals surface area contributed by atoms with Gasteiger partial charge in [0.25, 0.3) is 0 Å². The van der Waals surface area contributed by atoms with Crippen molar-refractivity contribution in [1.29, 1.82) is 0 Å². The van der Waals surface area contributed by atoms with E-state index in [9.17, 15) is 0 Å². The van der Waals surface area contributed by atoms with E-state index >= 15 is 0 Å². The second kappa shape index (κ2) is 7.63. The summed E-state index contributed by atoms with van der Waals surface area (Å²) in [5.41, 5.74) is 7.11. The second-order valence-electron chi connectivity index (χ2n) is 4.80. The van der Waals surface area contributed by atoms with Crippen molar-refractivity contribution >= 4 is 43.5 Å². The molecular weight excluding hydrogens is 417 g/mol. The van der Waals surface area contributed by atoms with Gasteiger partial charge in [-0.3, -0.25) is 0 Å². The molecule has 2 nitrogen and oxygen atoms in total. The quantitative estimate of drug-likeness (QED) is 0.634. The standard InChI is InChI=1S/C16H16Br2ClNO/c1-2-13(20)7-10-3-5-12(19)9-16(10)21-15-6-4-11(17)8-14(15)18/h3-6,8-9,13H,2,7,20H2,1H3. The first-order valence-electron chi connectivity index (χ1n) is 6.66. The van der Waals surface area contributed by atoms with Crippen LogP contribution in [-0.4, -0.2) is 6.04 Å². The van der Waals surface area contributed by atoms with Crippen molar-refractivity contribution in [3.63, 3.8) is 0 Å². The molecule has 1 unspecified atom stereocenters. The molecule has 0 saturated heterocycles. The van der Waals surface area contributed by atoms with Gasteiger partial charge in [-0.05, 0) is 64.7 Å². The van der Waals surface area contributed by atoms with E-state index in [2.05, 4.69) is 38.8 Å². The zero-order chi connectivity index (χ0) is 15.4. The van der Waals surface area contributed by atoms with Crippen LogP contribution in [0.1, 0.15) is 18.9 Å². The first kappa shape index (κ1) is 16.8. The van der Waals surface area contributed by atoms with Crippen LogP contribution in [0.15, 0.2) is 45.3 Å². The van der Waals surface area contributed by atoms with Gasteiger partial charge in [0.1, 0.15) is 11.5 Å². The van der Waals surface area contributed by atoms with Crippen LogP contribution in [0.25, 0.3) is 0 Å². The highest BCUT2D eigenvalue weighted by atomic mass is 79.9. The highest BCUT2D eigenvalue weighted by molar-refractivity contribution is 9.11. The fourth-order valence-corrected chi connectivity index (χ4v) is 3.19. The predicted molar refractivity (Wildman–Crippen MR) is 95.3 cm³/mol. The Hall–Kier alpha value is -0.550. The summed E-state index contributed by atoms with van der Waals surface area (Å²) < 4.78 is 7.88. The molecule has 21 heavy (non-hydrogen) atoms. The largest absolute Gasteiger partial charge is 0.456 e. The minimum atomic E-state index is 0.113.